The Morgan fingerprint density at radius 1 is 0.500 bits per heavy atom. The van der Waals surface area contributed by atoms with Crippen LogP contribution in [0.4, 0.5) is 0 Å². The first-order valence-electron chi connectivity index (χ1n) is 8.98. The third kappa shape index (κ3) is 4.56. The number of nitrogens with zero attached hydrogens (tertiary/aromatic N) is 4. The number of imidazole rings is 2. The van der Waals surface area contributed by atoms with Crippen LogP contribution in [0.2, 0.25) is 0 Å². The van der Waals surface area contributed by atoms with Crippen LogP contribution in [-0.2, 0) is 26.2 Å². The molecule has 0 radical (unpaired) electrons. The molecule has 0 atom stereocenters. The van der Waals surface area contributed by atoms with Gasteiger partial charge < -0.3 is 0 Å². The highest BCUT2D eigenvalue weighted by molar-refractivity contribution is 7.80. The Morgan fingerprint density at radius 3 is 0.923 bits per heavy atom. The Hall–Kier alpha value is -0.320. The highest BCUT2D eigenvalue weighted by Gasteiger charge is 2.23. The summed E-state index contributed by atoms with van der Waals surface area (Å²) in [5, 5.41) is 0. The van der Waals surface area contributed by atoms with Crippen molar-refractivity contribution in [1.29, 1.82) is 0 Å². The van der Waals surface area contributed by atoms with Gasteiger partial charge in [0.2, 0.25) is 0 Å². The quantitative estimate of drug-likeness (QED) is 0.385. The van der Waals surface area contributed by atoms with Gasteiger partial charge in [0.05, 0.1) is 0 Å². The Kier molecular flexibility index (Phi) is 9.19. The van der Waals surface area contributed by atoms with Crippen LogP contribution in [0.3, 0.4) is 0 Å². The fourth-order valence-electron chi connectivity index (χ4n) is 3.15. The van der Waals surface area contributed by atoms with Crippen LogP contribution < -0.4 is 11.4 Å². The van der Waals surface area contributed by atoms with E-state index in [1.54, 1.807) is 18.3 Å². The van der Waals surface area contributed by atoms with E-state index in [1.165, 1.54) is 0 Å². The maximum atomic E-state index is 13.0. The minimum absolute atomic E-state index is 0.0576. The molecule has 0 bridgehead atoms. The molecule has 0 aliphatic heterocycles. The predicted octanol–water partition coefficient (Wildman–Crippen LogP) is 2.05. The zero-order chi connectivity index (χ0) is 19.1. The summed E-state index contributed by atoms with van der Waals surface area (Å²) in [5.74, 6) is 2.77. The van der Waals surface area contributed by atoms with Crippen molar-refractivity contribution in [2.24, 2.45) is 0 Å². The van der Waals surface area contributed by atoms with Crippen LogP contribution in [0.1, 0.15) is 25.7 Å². The molecule has 0 aromatic carbocycles. The molecule has 0 saturated heterocycles. The van der Waals surface area contributed by atoms with Crippen molar-refractivity contribution in [3.63, 3.8) is 0 Å². The molecule has 0 unspecified atom stereocenters. The van der Waals surface area contributed by atoms with E-state index in [2.05, 4.69) is 50.5 Å². The molecule has 6 nitrogen and oxygen atoms in total. The van der Waals surface area contributed by atoms with E-state index >= 15 is 0 Å². The number of hydrogen-bond acceptors (Lipinski definition) is 6. The fourth-order valence-corrected chi connectivity index (χ4v) is 3.72. The first kappa shape index (κ1) is 22.0. The standard InChI is InChI=1S/C16H28N4O2S4/c21-15-17(5-1-9-23)13-14(19(15)7-3-11-25)20(8-4-12-26)16(22)18(13)6-2-10-24/h23-26H,1-12H2. The second-order valence-corrected chi connectivity index (χ2v) is 7.92. The van der Waals surface area contributed by atoms with Gasteiger partial charge >= 0.3 is 11.4 Å². The molecule has 0 saturated carbocycles. The van der Waals surface area contributed by atoms with E-state index in [4.69, 9.17) is 0 Å². The highest BCUT2D eigenvalue weighted by atomic mass is 32.1. The molecular formula is C16H28N4O2S4. The number of thiol groups is 4. The fraction of sp³-hybridized carbons (Fsp3) is 0.750. The SMILES string of the molecule is O=c1n(CCCS)c2c(n1CCCS)n(CCCS)c(=O)n2CCCS. The number of rotatable bonds is 12. The summed E-state index contributed by atoms with van der Waals surface area (Å²) >= 11 is 17.1. The zero-order valence-electron chi connectivity index (χ0n) is 14.9. The molecule has 0 fully saturated rings. The second kappa shape index (κ2) is 10.9. The molecule has 148 valence electrons. The van der Waals surface area contributed by atoms with Gasteiger partial charge in [-0.05, 0) is 48.7 Å². The van der Waals surface area contributed by atoms with Crippen LogP contribution in [0.15, 0.2) is 9.59 Å². The molecule has 2 aromatic rings. The van der Waals surface area contributed by atoms with Crippen LogP contribution in [-0.4, -0.2) is 41.3 Å². The van der Waals surface area contributed by atoms with E-state index in [-0.39, 0.29) is 11.4 Å². The minimum atomic E-state index is -0.0576. The van der Waals surface area contributed by atoms with Gasteiger partial charge in [-0.25, -0.2) is 9.59 Å². The molecule has 0 aliphatic rings. The van der Waals surface area contributed by atoms with Gasteiger partial charge in [0.25, 0.3) is 0 Å². The van der Waals surface area contributed by atoms with Crippen molar-refractivity contribution in [2.45, 2.75) is 51.9 Å². The first-order valence-corrected chi connectivity index (χ1v) is 11.5. The topological polar surface area (TPSA) is 53.9 Å². The third-order valence-electron chi connectivity index (χ3n) is 4.31. The molecule has 2 rings (SSSR count). The summed E-state index contributed by atoms with van der Waals surface area (Å²) in [6.07, 6.45) is 3.10. The van der Waals surface area contributed by atoms with Gasteiger partial charge in [-0.1, -0.05) is 0 Å². The maximum Gasteiger partial charge on any atom is 0.331 e. The molecule has 10 heteroatoms. The van der Waals surface area contributed by atoms with Crippen molar-refractivity contribution in [3.8, 4) is 0 Å². The lowest BCUT2D eigenvalue weighted by atomic mass is 10.4. The third-order valence-corrected chi connectivity index (χ3v) is 5.57. The molecule has 0 amide bonds. The van der Waals surface area contributed by atoms with Crippen LogP contribution in [0.25, 0.3) is 11.3 Å². The van der Waals surface area contributed by atoms with Crippen LogP contribution in [0.5, 0.6) is 0 Å². The highest BCUT2D eigenvalue weighted by Crippen LogP contribution is 2.16. The van der Waals surface area contributed by atoms with Gasteiger partial charge in [-0.3, -0.25) is 18.3 Å². The molecule has 2 aromatic heterocycles. The van der Waals surface area contributed by atoms with E-state index in [1.807, 2.05) is 0 Å². The van der Waals surface area contributed by atoms with E-state index in [0.717, 1.165) is 37.0 Å². The first-order chi connectivity index (χ1) is 12.6. The van der Waals surface area contributed by atoms with Crippen LogP contribution >= 0.6 is 50.5 Å². The monoisotopic (exact) mass is 436 g/mol. The predicted molar refractivity (Wildman–Crippen MR) is 122 cm³/mol. The lowest BCUT2D eigenvalue weighted by molar-refractivity contribution is 0.555. The smallest absolute Gasteiger partial charge is 0.276 e. The Labute approximate surface area is 175 Å². The second-order valence-electron chi connectivity index (χ2n) is 6.13. The van der Waals surface area contributed by atoms with Crippen LogP contribution in [0, 0.1) is 0 Å². The maximum absolute atomic E-state index is 13.0. The normalized spacial score (nSPS) is 11.7. The zero-order valence-corrected chi connectivity index (χ0v) is 18.5. The Morgan fingerprint density at radius 2 is 0.731 bits per heavy atom. The number of aromatic nitrogens is 4. The number of fused-ring (bicyclic) bond motifs is 1. The molecule has 0 N–H and O–H groups in total. The summed E-state index contributed by atoms with van der Waals surface area (Å²) in [5.41, 5.74) is 1.33. The summed E-state index contributed by atoms with van der Waals surface area (Å²) < 4.78 is 6.95. The summed E-state index contributed by atoms with van der Waals surface area (Å²) in [6, 6.07) is 0. The summed E-state index contributed by atoms with van der Waals surface area (Å²) in [7, 11) is 0. The number of hydrogen-bond donors (Lipinski definition) is 4. The molecule has 26 heavy (non-hydrogen) atoms. The Bertz CT molecular complexity index is 696. The van der Waals surface area contributed by atoms with E-state index in [9.17, 15) is 9.59 Å². The van der Waals surface area contributed by atoms with Gasteiger partial charge in [0.15, 0.2) is 11.3 Å². The summed E-state index contributed by atoms with van der Waals surface area (Å²) in [4.78, 5) is 26.1. The van der Waals surface area contributed by atoms with E-state index < -0.39 is 0 Å². The van der Waals surface area contributed by atoms with Crippen molar-refractivity contribution in [1.82, 2.24) is 18.3 Å². The van der Waals surface area contributed by atoms with Crippen molar-refractivity contribution >= 4 is 61.8 Å². The van der Waals surface area contributed by atoms with Gasteiger partial charge in [0.1, 0.15) is 0 Å². The lowest BCUT2D eigenvalue weighted by Crippen LogP contribution is -2.31. The van der Waals surface area contributed by atoms with Crippen molar-refractivity contribution in [3.05, 3.63) is 21.0 Å². The number of aryl methyl sites for hydroxylation is 4. The largest absolute Gasteiger partial charge is 0.331 e. The average molecular weight is 437 g/mol. The average Bonchev–Trinajstić information content (AvgIpc) is 3.05. The van der Waals surface area contributed by atoms with Crippen molar-refractivity contribution < 1.29 is 0 Å². The summed E-state index contributed by atoms with van der Waals surface area (Å²) in [6.45, 7) is 2.24. The molecule has 0 spiro atoms. The molecule has 2 heterocycles. The molecular weight excluding hydrogens is 408 g/mol. The van der Waals surface area contributed by atoms with E-state index in [0.29, 0.717) is 49.2 Å². The van der Waals surface area contributed by atoms with Gasteiger partial charge in [-0.2, -0.15) is 50.5 Å². The Balaban J connectivity index is 2.73. The van der Waals surface area contributed by atoms with Gasteiger partial charge in [0, 0.05) is 26.2 Å². The molecule has 0 aliphatic carbocycles. The van der Waals surface area contributed by atoms with Gasteiger partial charge in [-0.15, -0.1) is 0 Å². The lowest BCUT2D eigenvalue weighted by Gasteiger charge is -2.07. The minimum Gasteiger partial charge on any atom is -0.276 e. The van der Waals surface area contributed by atoms with Crippen molar-refractivity contribution in [2.75, 3.05) is 23.0 Å².